The molecule has 1 fully saturated rings. The molecule has 0 atom stereocenters. The van der Waals surface area contributed by atoms with Crippen molar-refractivity contribution in [3.05, 3.63) is 29.5 Å². The van der Waals surface area contributed by atoms with E-state index in [4.69, 9.17) is 4.74 Å². The zero-order chi connectivity index (χ0) is 12.5. The van der Waals surface area contributed by atoms with Gasteiger partial charge < -0.3 is 9.64 Å². The Bertz CT molecular complexity index is 577. The Morgan fingerprint density at radius 1 is 1.11 bits per heavy atom. The van der Waals surface area contributed by atoms with Gasteiger partial charge in [0.15, 0.2) is 0 Å². The molecular weight excluding hydrogens is 226 g/mol. The van der Waals surface area contributed by atoms with Crippen molar-refractivity contribution in [3.8, 4) is 0 Å². The van der Waals surface area contributed by atoms with Crippen molar-refractivity contribution in [2.45, 2.75) is 13.8 Å². The van der Waals surface area contributed by atoms with Crippen LogP contribution >= 0.6 is 0 Å². The van der Waals surface area contributed by atoms with Crippen LogP contribution in [0.25, 0.3) is 10.9 Å². The maximum atomic E-state index is 5.36. The third kappa shape index (κ3) is 2.04. The molecule has 0 N–H and O–H groups in total. The molecule has 94 valence electrons. The summed E-state index contributed by atoms with van der Waals surface area (Å²) in [6.45, 7) is 7.39. The molecule has 3 rings (SSSR count). The van der Waals surface area contributed by atoms with Crippen LogP contribution in [-0.4, -0.2) is 36.3 Å². The Kier molecular flexibility index (Phi) is 2.88. The lowest BCUT2D eigenvalue weighted by atomic mass is 10.1. The Morgan fingerprint density at radius 2 is 1.89 bits per heavy atom. The fourth-order valence-electron chi connectivity index (χ4n) is 2.29. The molecule has 1 aliphatic heterocycles. The van der Waals surface area contributed by atoms with Crippen molar-refractivity contribution < 1.29 is 4.74 Å². The van der Waals surface area contributed by atoms with Crippen LogP contribution in [0.1, 0.15) is 11.3 Å². The molecule has 0 aliphatic carbocycles. The summed E-state index contributed by atoms with van der Waals surface area (Å²) in [6, 6.07) is 6.32. The van der Waals surface area contributed by atoms with Gasteiger partial charge in [0.1, 0.15) is 0 Å². The first-order valence-corrected chi connectivity index (χ1v) is 6.32. The first kappa shape index (κ1) is 11.4. The molecule has 1 aliphatic rings. The Hall–Kier alpha value is -1.68. The number of hydrogen-bond donors (Lipinski definition) is 0. The lowest BCUT2D eigenvalue weighted by molar-refractivity contribution is 0.122. The van der Waals surface area contributed by atoms with Gasteiger partial charge in [-0.3, -0.25) is 0 Å². The summed E-state index contributed by atoms with van der Waals surface area (Å²) in [7, 11) is 0. The van der Waals surface area contributed by atoms with E-state index < -0.39 is 0 Å². The van der Waals surface area contributed by atoms with Crippen molar-refractivity contribution in [2.75, 3.05) is 31.2 Å². The molecule has 1 saturated heterocycles. The van der Waals surface area contributed by atoms with Crippen molar-refractivity contribution in [1.29, 1.82) is 0 Å². The summed E-state index contributed by atoms with van der Waals surface area (Å²) >= 11 is 0. The molecule has 1 aromatic carbocycles. The number of fused-ring (bicyclic) bond motifs is 1. The standard InChI is InChI=1S/C14H17N3O/c1-10-3-4-12-11(2)15-14(16-13(12)9-10)17-5-7-18-8-6-17/h3-4,9H,5-8H2,1-2H3. The largest absolute Gasteiger partial charge is 0.378 e. The van der Waals surface area contributed by atoms with Crippen LogP contribution in [-0.2, 0) is 4.74 Å². The predicted molar refractivity (Wildman–Crippen MR) is 72.0 cm³/mol. The zero-order valence-electron chi connectivity index (χ0n) is 10.8. The summed E-state index contributed by atoms with van der Waals surface area (Å²) in [6.07, 6.45) is 0. The highest BCUT2D eigenvalue weighted by molar-refractivity contribution is 5.82. The normalized spacial score (nSPS) is 16.2. The topological polar surface area (TPSA) is 38.2 Å². The third-order valence-electron chi connectivity index (χ3n) is 3.33. The van der Waals surface area contributed by atoms with Crippen LogP contribution in [0.4, 0.5) is 5.95 Å². The predicted octanol–water partition coefficient (Wildman–Crippen LogP) is 2.08. The number of morpholine rings is 1. The molecule has 0 amide bonds. The second kappa shape index (κ2) is 4.53. The van der Waals surface area contributed by atoms with E-state index in [1.807, 2.05) is 6.92 Å². The van der Waals surface area contributed by atoms with Gasteiger partial charge in [-0.05, 0) is 25.5 Å². The molecule has 0 unspecified atom stereocenters. The molecule has 1 aromatic heterocycles. The summed E-state index contributed by atoms with van der Waals surface area (Å²) in [4.78, 5) is 11.5. The van der Waals surface area contributed by atoms with Crippen LogP contribution in [0.2, 0.25) is 0 Å². The monoisotopic (exact) mass is 243 g/mol. The van der Waals surface area contributed by atoms with Crippen LogP contribution in [0.3, 0.4) is 0 Å². The van der Waals surface area contributed by atoms with Crippen molar-refractivity contribution in [2.24, 2.45) is 0 Å². The minimum Gasteiger partial charge on any atom is -0.378 e. The van der Waals surface area contributed by atoms with Crippen LogP contribution < -0.4 is 4.90 Å². The van der Waals surface area contributed by atoms with Crippen LogP contribution in [0.15, 0.2) is 18.2 Å². The van der Waals surface area contributed by atoms with Crippen LogP contribution in [0.5, 0.6) is 0 Å². The van der Waals surface area contributed by atoms with E-state index in [9.17, 15) is 0 Å². The van der Waals surface area contributed by atoms with E-state index in [1.165, 1.54) is 5.56 Å². The molecule has 0 bridgehead atoms. The van der Waals surface area contributed by atoms with E-state index in [2.05, 4.69) is 40.0 Å². The number of nitrogens with zero attached hydrogens (tertiary/aromatic N) is 3. The summed E-state index contributed by atoms with van der Waals surface area (Å²) in [5.41, 5.74) is 3.30. The lowest BCUT2D eigenvalue weighted by Gasteiger charge is -2.27. The van der Waals surface area contributed by atoms with Gasteiger partial charge in [0.2, 0.25) is 5.95 Å². The van der Waals surface area contributed by atoms with E-state index in [0.717, 1.165) is 48.8 Å². The average molecular weight is 243 g/mol. The third-order valence-corrected chi connectivity index (χ3v) is 3.33. The number of rotatable bonds is 1. The highest BCUT2D eigenvalue weighted by Gasteiger charge is 2.15. The molecule has 0 saturated carbocycles. The highest BCUT2D eigenvalue weighted by Crippen LogP contribution is 2.20. The number of aryl methyl sites for hydroxylation is 2. The van der Waals surface area contributed by atoms with Gasteiger partial charge in [-0.2, -0.15) is 0 Å². The van der Waals surface area contributed by atoms with Crippen molar-refractivity contribution in [1.82, 2.24) is 9.97 Å². The molecule has 0 radical (unpaired) electrons. The minimum absolute atomic E-state index is 0.758. The Labute approximate surface area is 107 Å². The van der Waals surface area contributed by atoms with Gasteiger partial charge in [-0.25, -0.2) is 9.97 Å². The number of ether oxygens (including phenoxy) is 1. The molecule has 0 spiro atoms. The smallest absolute Gasteiger partial charge is 0.226 e. The average Bonchev–Trinajstić information content (AvgIpc) is 2.39. The van der Waals surface area contributed by atoms with E-state index in [-0.39, 0.29) is 0 Å². The molecular formula is C14H17N3O. The number of aromatic nitrogens is 2. The summed E-state index contributed by atoms with van der Waals surface area (Å²) < 4.78 is 5.36. The van der Waals surface area contributed by atoms with Gasteiger partial charge >= 0.3 is 0 Å². The SMILES string of the molecule is Cc1ccc2c(C)nc(N3CCOCC3)nc2c1. The zero-order valence-corrected chi connectivity index (χ0v) is 10.8. The number of hydrogen-bond acceptors (Lipinski definition) is 4. The summed E-state index contributed by atoms with van der Waals surface area (Å²) in [5.74, 6) is 0.828. The van der Waals surface area contributed by atoms with Gasteiger partial charge in [0.25, 0.3) is 0 Å². The molecule has 2 heterocycles. The fourth-order valence-corrected chi connectivity index (χ4v) is 2.29. The van der Waals surface area contributed by atoms with Crippen molar-refractivity contribution in [3.63, 3.8) is 0 Å². The van der Waals surface area contributed by atoms with E-state index >= 15 is 0 Å². The number of anilines is 1. The van der Waals surface area contributed by atoms with Gasteiger partial charge in [-0.15, -0.1) is 0 Å². The van der Waals surface area contributed by atoms with E-state index in [0.29, 0.717) is 0 Å². The van der Waals surface area contributed by atoms with Gasteiger partial charge in [0.05, 0.1) is 24.4 Å². The minimum atomic E-state index is 0.758. The first-order valence-electron chi connectivity index (χ1n) is 6.32. The van der Waals surface area contributed by atoms with Crippen LogP contribution in [0, 0.1) is 13.8 Å². The van der Waals surface area contributed by atoms with Gasteiger partial charge in [-0.1, -0.05) is 12.1 Å². The Balaban J connectivity index is 2.07. The Morgan fingerprint density at radius 3 is 2.67 bits per heavy atom. The maximum absolute atomic E-state index is 5.36. The fraction of sp³-hybridized carbons (Fsp3) is 0.429. The quantitative estimate of drug-likeness (QED) is 0.768. The molecule has 2 aromatic rings. The van der Waals surface area contributed by atoms with Gasteiger partial charge in [0, 0.05) is 18.5 Å². The first-order chi connectivity index (χ1) is 8.74. The summed E-state index contributed by atoms with van der Waals surface area (Å²) in [5, 5.41) is 1.14. The lowest BCUT2D eigenvalue weighted by Crippen LogP contribution is -2.37. The molecule has 4 heteroatoms. The second-order valence-corrected chi connectivity index (χ2v) is 4.73. The number of benzene rings is 1. The second-order valence-electron chi connectivity index (χ2n) is 4.73. The maximum Gasteiger partial charge on any atom is 0.226 e. The van der Waals surface area contributed by atoms with E-state index in [1.54, 1.807) is 0 Å². The van der Waals surface area contributed by atoms with Crippen molar-refractivity contribution >= 4 is 16.9 Å². The molecule has 18 heavy (non-hydrogen) atoms. The highest BCUT2D eigenvalue weighted by atomic mass is 16.5. The molecule has 4 nitrogen and oxygen atoms in total.